The molecule has 0 aliphatic rings. The molecule has 0 fully saturated rings. The summed E-state index contributed by atoms with van der Waals surface area (Å²) < 4.78 is 14.0. The van der Waals surface area contributed by atoms with Gasteiger partial charge >= 0.3 is 0 Å². The molecule has 1 nitrogen and oxygen atoms in total. The molecule has 1 heterocycles. The number of benzene rings is 1. The number of hydrogen-bond acceptors (Lipinski definition) is 2. The molecule has 1 atom stereocenters. The first-order valence-corrected chi connectivity index (χ1v) is 8.02. The summed E-state index contributed by atoms with van der Waals surface area (Å²) in [5.41, 5.74) is 0.817. The summed E-state index contributed by atoms with van der Waals surface area (Å²) in [4.78, 5) is 1.31. The van der Waals surface area contributed by atoms with Gasteiger partial charge in [-0.25, -0.2) is 4.39 Å². The van der Waals surface area contributed by atoms with Gasteiger partial charge < -0.3 is 5.32 Å². The highest BCUT2D eigenvalue weighted by Gasteiger charge is 2.16. The molecule has 2 rings (SSSR count). The molecule has 0 spiro atoms. The lowest BCUT2D eigenvalue weighted by molar-refractivity contribution is 0.500. The molecule has 0 aliphatic heterocycles. The topological polar surface area (TPSA) is 12.0 Å². The first-order chi connectivity index (χ1) is 9.66. The van der Waals surface area contributed by atoms with Crippen molar-refractivity contribution in [1.29, 1.82) is 0 Å². The van der Waals surface area contributed by atoms with Gasteiger partial charge in [0.25, 0.3) is 0 Å². The molecular formula is C17H22FNS. The van der Waals surface area contributed by atoms with Crippen LogP contribution in [0.1, 0.15) is 30.2 Å². The number of thiophene rings is 1. The van der Waals surface area contributed by atoms with Crippen LogP contribution in [0.5, 0.6) is 0 Å². The standard InChI is InChI=1S/C17H22FNS/c1-13(2)11-19-12-14(10-15-6-5-9-20-15)16-7-3-4-8-17(16)18/h3-9,13-14,19H,10-12H2,1-2H3. The Morgan fingerprint density at radius 3 is 2.55 bits per heavy atom. The van der Waals surface area contributed by atoms with Crippen LogP contribution in [0.25, 0.3) is 0 Å². The summed E-state index contributed by atoms with van der Waals surface area (Å²) in [7, 11) is 0. The van der Waals surface area contributed by atoms with Crippen LogP contribution in [0.15, 0.2) is 41.8 Å². The molecular weight excluding hydrogens is 269 g/mol. The molecule has 108 valence electrons. The Morgan fingerprint density at radius 1 is 1.10 bits per heavy atom. The predicted molar refractivity (Wildman–Crippen MR) is 84.9 cm³/mol. The minimum Gasteiger partial charge on any atom is -0.316 e. The van der Waals surface area contributed by atoms with Crippen molar-refractivity contribution in [2.24, 2.45) is 5.92 Å². The Hall–Kier alpha value is -1.19. The lowest BCUT2D eigenvalue weighted by Crippen LogP contribution is -2.26. The predicted octanol–water partition coefficient (Wildman–Crippen LogP) is 4.46. The molecule has 1 aromatic carbocycles. The monoisotopic (exact) mass is 291 g/mol. The van der Waals surface area contributed by atoms with E-state index in [9.17, 15) is 4.39 Å². The van der Waals surface area contributed by atoms with Gasteiger partial charge in [0.15, 0.2) is 0 Å². The van der Waals surface area contributed by atoms with Crippen LogP contribution in [0, 0.1) is 11.7 Å². The van der Waals surface area contributed by atoms with Crippen LogP contribution in [0.2, 0.25) is 0 Å². The highest BCUT2D eigenvalue weighted by Crippen LogP contribution is 2.25. The molecule has 3 heteroatoms. The van der Waals surface area contributed by atoms with E-state index in [1.165, 1.54) is 4.88 Å². The van der Waals surface area contributed by atoms with Gasteiger partial charge in [0, 0.05) is 17.3 Å². The van der Waals surface area contributed by atoms with Gasteiger partial charge in [-0.05, 0) is 42.0 Å². The molecule has 1 unspecified atom stereocenters. The number of nitrogens with one attached hydrogen (secondary N) is 1. The summed E-state index contributed by atoms with van der Waals surface area (Å²) in [5.74, 6) is 0.701. The van der Waals surface area contributed by atoms with Crippen molar-refractivity contribution in [3.8, 4) is 0 Å². The van der Waals surface area contributed by atoms with Gasteiger partial charge in [-0.2, -0.15) is 0 Å². The van der Waals surface area contributed by atoms with E-state index in [0.717, 1.165) is 25.1 Å². The second kappa shape index (κ2) is 7.55. The van der Waals surface area contributed by atoms with E-state index in [0.29, 0.717) is 5.92 Å². The lowest BCUT2D eigenvalue weighted by Gasteiger charge is -2.19. The van der Waals surface area contributed by atoms with Gasteiger partial charge in [-0.15, -0.1) is 11.3 Å². The van der Waals surface area contributed by atoms with Crippen LogP contribution in [0.3, 0.4) is 0 Å². The maximum atomic E-state index is 14.0. The maximum Gasteiger partial charge on any atom is 0.126 e. The second-order valence-corrected chi connectivity index (χ2v) is 6.59. The van der Waals surface area contributed by atoms with Crippen LogP contribution in [-0.2, 0) is 6.42 Å². The first kappa shape index (κ1) is 15.2. The van der Waals surface area contributed by atoms with E-state index in [1.807, 2.05) is 12.1 Å². The quantitative estimate of drug-likeness (QED) is 0.794. The molecule has 0 saturated heterocycles. The fourth-order valence-electron chi connectivity index (χ4n) is 2.32. The molecule has 20 heavy (non-hydrogen) atoms. The third kappa shape index (κ3) is 4.43. The van der Waals surface area contributed by atoms with Gasteiger partial charge in [-0.3, -0.25) is 0 Å². The van der Waals surface area contributed by atoms with E-state index in [2.05, 4.69) is 36.7 Å². The minimum atomic E-state index is -0.0968. The van der Waals surface area contributed by atoms with Crippen LogP contribution < -0.4 is 5.32 Å². The Bertz CT molecular complexity index is 507. The minimum absolute atomic E-state index is 0.0968. The summed E-state index contributed by atoms with van der Waals surface area (Å²) in [6.07, 6.45) is 0.893. The molecule has 0 amide bonds. The van der Waals surface area contributed by atoms with Gasteiger partial charge in [0.2, 0.25) is 0 Å². The SMILES string of the molecule is CC(C)CNCC(Cc1cccs1)c1ccccc1F. The fraction of sp³-hybridized carbons (Fsp3) is 0.412. The second-order valence-electron chi connectivity index (χ2n) is 5.55. The molecule has 0 bridgehead atoms. The molecule has 1 N–H and O–H groups in total. The summed E-state index contributed by atoms with van der Waals surface area (Å²) in [5, 5.41) is 5.54. The molecule has 2 aromatic rings. The average Bonchev–Trinajstić information content (AvgIpc) is 2.91. The largest absolute Gasteiger partial charge is 0.316 e. The summed E-state index contributed by atoms with van der Waals surface area (Å²) >= 11 is 1.74. The zero-order valence-corrected chi connectivity index (χ0v) is 12.9. The van der Waals surface area contributed by atoms with Crippen LogP contribution in [-0.4, -0.2) is 13.1 Å². The normalized spacial score (nSPS) is 12.8. The highest BCUT2D eigenvalue weighted by atomic mass is 32.1. The molecule has 0 saturated carbocycles. The van der Waals surface area contributed by atoms with Crippen molar-refractivity contribution in [1.82, 2.24) is 5.32 Å². The Kier molecular flexibility index (Phi) is 5.74. The smallest absolute Gasteiger partial charge is 0.126 e. The van der Waals surface area contributed by atoms with E-state index in [1.54, 1.807) is 23.5 Å². The molecule has 0 aliphatic carbocycles. The number of halogens is 1. The van der Waals surface area contributed by atoms with Crippen molar-refractivity contribution in [3.05, 3.63) is 58.0 Å². The Morgan fingerprint density at radius 2 is 1.90 bits per heavy atom. The Labute approximate surface area is 124 Å². The van der Waals surface area contributed by atoms with E-state index < -0.39 is 0 Å². The first-order valence-electron chi connectivity index (χ1n) is 7.14. The van der Waals surface area contributed by atoms with Gasteiger partial charge in [0.1, 0.15) is 5.82 Å². The summed E-state index contributed by atoms with van der Waals surface area (Å²) in [6, 6.07) is 11.3. The molecule has 0 radical (unpaired) electrons. The van der Waals surface area contributed by atoms with Crippen molar-refractivity contribution in [3.63, 3.8) is 0 Å². The molecule has 1 aromatic heterocycles. The maximum absolute atomic E-state index is 14.0. The van der Waals surface area contributed by atoms with Crippen molar-refractivity contribution < 1.29 is 4.39 Å². The third-order valence-corrected chi connectivity index (χ3v) is 4.21. The number of hydrogen-bond donors (Lipinski definition) is 1. The Balaban J connectivity index is 2.09. The van der Waals surface area contributed by atoms with Crippen molar-refractivity contribution in [2.45, 2.75) is 26.2 Å². The van der Waals surface area contributed by atoms with Crippen LogP contribution in [0.4, 0.5) is 4.39 Å². The summed E-state index contributed by atoms with van der Waals surface area (Å²) in [6.45, 7) is 6.15. The number of rotatable bonds is 7. The van der Waals surface area contributed by atoms with E-state index >= 15 is 0 Å². The van der Waals surface area contributed by atoms with Gasteiger partial charge in [-0.1, -0.05) is 38.1 Å². The zero-order valence-electron chi connectivity index (χ0n) is 12.1. The average molecular weight is 291 g/mol. The van der Waals surface area contributed by atoms with Crippen molar-refractivity contribution in [2.75, 3.05) is 13.1 Å². The lowest BCUT2D eigenvalue weighted by atomic mass is 9.94. The third-order valence-electron chi connectivity index (χ3n) is 3.32. The highest BCUT2D eigenvalue weighted by molar-refractivity contribution is 7.09. The zero-order chi connectivity index (χ0) is 14.4. The van der Waals surface area contributed by atoms with Gasteiger partial charge in [0.05, 0.1) is 0 Å². The fourth-order valence-corrected chi connectivity index (χ4v) is 3.10. The van der Waals surface area contributed by atoms with E-state index in [-0.39, 0.29) is 11.7 Å². The van der Waals surface area contributed by atoms with E-state index in [4.69, 9.17) is 0 Å². The van der Waals surface area contributed by atoms with Crippen LogP contribution >= 0.6 is 11.3 Å². The van der Waals surface area contributed by atoms with Crippen molar-refractivity contribution >= 4 is 11.3 Å².